The number of hydrogen-bond donors (Lipinski definition) is 1. The Morgan fingerprint density at radius 2 is 2.11 bits per heavy atom. The predicted octanol–water partition coefficient (Wildman–Crippen LogP) is -1.91. The summed E-state index contributed by atoms with van der Waals surface area (Å²) in [5.74, 6) is 0. The minimum absolute atomic E-state index is 1.56. The number of alkyl halides is 3. The Hall–Kier alpha value is 1.34. The maximum absolute atomic E-state index is 12.3. The third-order valence-corrected chi connectivity index (χ3v) is 9.95. The Labute approximate surface area is 72.7 Å². The Morgan fingerprint density at radius 1 is 1.78 bits per heavy atom. The van der Waals surface area contributed by atoms with Gasteiger partial charge in [0.15, 0.2) is 0 Å². The maximum atomic E-state index is 12.3. The van der Waals surface area contributed by atoms with Crippen LogP contribution in [0.3, 0.4) is 0 Å². The van der Waals surface area contributed by atoms with Crippen molar-refractivity contribution in [1.29, 1.82) is 0 Å². The fraction of sp³-hybridized carbons (Fsp3) is 1.00. The van der Waals surface area contributed by atoms with Crippen molar-refractivity contribution in [3.8, 4) is 0 Å². The molecular formula is CHBrClFIO3S-. The van der Waals surface area contributed by atoms with E-state index in [9.17, 15) is 12.8 Å². The first kappa shape index (κ1) is 10.3. The molecule has 0 aliphatic rings. The second kappa shape index (κ2) is 3.16. The summed E-state index contributed by atoms with van der Waals surface area (Å²) in [6, 6.07) is 0. The van der Waals surface area contributed by atoms with Gasteiger partial charge in [0, 0.05) is 0 Å². The first-order valence-electron chi connectivity index (χ1n) is 1.43. The van der Waals surface area contributed by atoms with Crippen LogP contribution in [-0.4, -0.2) is 15.4 Å². The van der Waals surface area contributed by atoms with Gasteiger partial charge in [-0.3, -0.25) is 0 Å². The van der Waals surface area contributed by atoms with Crippen LogP contribution in [0.5, 0.6) is 0 Å². The Morgan fingerprint density at radius 3 is 2.11 bits per heavy atom. The topological polar surface area (TPSA) is 54.4 Å². The van der Waals surface area contributed by atoms with E-state index in [0.717, 1.165) is 0 Å². The molecule has 58 valence electrons. The minimum atomic E-state index is -4.75. The summed E-state index contributed by atoms with van der Waals surface area (Å²) in [6.45, 7) is 0. The predicted molar refractivity (Wildman–Crippen MR) is 30.2 cm³/mol. The summed E-state index contributed by atoms with van der Waals surface area (Å²) in [4.78, 5) is 0. The molecule has 8 heteroatoms. The molecule has 0 radical (unpaired) electrons. The zero-order chi connectivity index (χ0) is 7.71. The average molecular weight is 354 g/mol. The van der Waals surface area contributed by atoms with Crippen molar-refractivity contribution >= 4 is 34.4 Å². The Kier molecular flexibility index (Phi) is 3.63. The molecular weight excluding hydrogens is 353 g/mol. The van der Waals surface area contributed by atoms with Crippen molar-refractivity contribution in [2.24, 2.45) is 0 Å². The Bertz CT molecular complexity index is 190. The van der Waals surface area contributed by atoms with Gasteiger partial charge < -0.3 is 0 Å². The van der Waals surface area contributed by atoms with Gasteiger partial charge in [0.05, 0.1) is 0 Å². The molecule has 0 bridgehead atoms. The third kappa shape index (κ3) is 2.83. The summed E-state index contributed by atoms with van der Waals surface area (Å²) in [6.07, 6.45) is 0. The van der Waals surface area contributed by atoms with E-state index in [2.05, 4.69) is 12.7 Å². The summed E-state index contributed by atoms with van der Waals surface area (Å²) in [5.41, 5.74) is 0. The molecule has 0 aliphatic heterocycles. The molecule has 0 fully saturated rings. The van der Waals surface area contributed by atoms with Gasteiger partial charge in [-0.2, -0.15) is 0 Å². The molecule has 1 unspecified atom stereocenters. The molecule has 9 heavy (non-hydrogen) atoms. The molecule has 0 heterocycles. The van der Waals surface area contributed by atoms with Crippen molar-refractivity contribution in [2.45, 2.75) is 2.47 Å². The van der Waals surface area contributed by atoms with Gasteiger partial charge in [0.1, 0.15) is 0 Å². The first-order chi connectivity index (χ1) is 3.81. The monoisotopic (exact) mass is 353 g/mol. The van der Waals surface area contributed by atoms with E-state index in [4.69, 9.17) is 16.2 Å². The molecule has 0 aromatic carbocycles. The summed E-state index contributed by atoms with van der Waals surface area (Å²) >= 11 is 5.71. The molecule has 0 rings (SSSR count). The van der Waals surface area contributed by atoms with Crippen molar-refractivity contribution in [3.05, 3.63) is 0 Å². The van der Waals surface area contributed by atoms with E-state index in [1.54, 1.807) is 0 Å². The molecule has 0 aromatic rings. The van der Waals surface area contributed by atoms with Crippen LogP contribution in [0.25, 0.3) is 0 Å². The molecule has 0 saturated heterocycles. The SMILES string of the molecule is O=S(=O)(O)C(F)(Cl)[I-]Br. The molecule has 1 atom stereocenters. The Balaban J connectivity index is 4.56. The number of rotatable bonds is 2. The van der Waals surface area contributed by atoms with Gasteiger partial charge in [0.25, 0.3) is 0 Å². The second-order valence-corrected chi connectivity index (χ2v) is 8.52. The number of halogens is 4. The van der Waals surface area contributed by atoms with Gasteiger partial charge in [0.2, 0.25) is 0 Å². The van der Waals surface area contributed by atoms with Gasteiger partial charge in [-0.25, -0.2) is 0 Å². The second-order valence-electron chi connectivity index (χ2n) is 0.992. The molecule has 0 amide bonds. The third-order valence-electron chi connectivity index (χ3n) is 0.376. The molecule has 0 aromatic heterocycles. The van der Waals surface area contributed by atoms with Crippen molar-refractivity contribution in [1.82, 2.24) is 0 Å². The van der Waals surface area contributed by atoms with E-state index in [1.165, 1.54) is 0 Å². The van der Waals surface area contributed by atoms with Crippen LogP contribution in [0.4, 0.5) is 4.39 Å². The van der Waals surface area contributed by atoms with Gasteiger partial charge in [-0.05, 0) is 0 Å². The fourth-order valence-corrected chi connectivity index (χ4v) is 3.85. The standard InChI is InChI=1S/CHBrClFIO3S/c2-5-1(3,4)9(6,7)8/h(H,6,7,8)/q-1. The first-order valence-corrected chi connectivity index (χ1v) is 9.16. The number of hydrogen-bond acceptors (Lipinski definition) is 2. The fourth-order valence-electron chi connectivity index (χ4n) is 0.0369. The molecule has 3 nitrogen and oxygen atoms in total. The van der Waals surface area contributed by atoms with E-state index in [1.807, 2.05) is 0 Å². The van der Waals surface area contributed by atoms with Gasteiger partial charge in [-0.1, -0.05) is 0 Å². The normalized spacial score (nSPS) is 19.6. The van der Waals surface area contributed by atoms with E-state index >= 15 is 0 Å². The van der Waals surface area contributed by atoms with E-state index in [0.29, 0.717) is 0 Å². The molecule has 0 saturated carbocycles. The van der Waals surface area contributed by atoms with Gasteiger partial charge >= 0.3 is 73.2 Å². The average Bonchev–Trinajstić information content (AvgIpc) is 1.64. The van der Waals surface area contributed by atoms with Crippen LogP contribution in [0.1, 0.15) is 0 Å². The zero-order valence-electron chi connectivity index (χ0n) is 3.68. The van der Waals surface area contributed by atoms with Crippen molar-refractivity contribution in [3.63, 3.8) is 0 Å². The molecule has 1 N–H and O–H groups in total. The van der Waals surface area contributed by atoms with Gasteiger partial charge in [-0.15, -0.1) is 0 Å². The summed E-state index contributed by atoms with van der Waals surface area (Å²) in [7, 11) is -4.75. The quantitative estimate of drug-likeness (QED) is 0.358. The molecule has 0 aliphatic carbocycles. The summed E-state index contributed by atoms with van der Waals surface area (Å²) < 4.78 is 37.1. The van der Waals surface area contributed by atoms with Crippen LogP contribution < -0.4 is 19.0 Å². The van der Waals surface area contributed by atoms with Crippen molar-refractivity contribution in [2.75, 3.05) is 0 Å². The van der Waals surface area contributed by atoms with Crippen molar-refractivity contribution < 1.29 is 36.3 Å². The van der Waals surface area contributed by atoms with E-state index < -0.39 is 31.6 Å². The van der Waals surface area contributed by atoms with E-state index in [-0.39, 0.29) is 0 Å². The summed E-state index contributed by atoms with van der Waals surface area (Å²) in [5, 5.41) is 0. The van der Waals surface area contributed by atoms with Crippen LogP contribution in [-0.2, 0) is 10.1 Å². The van der Waals surface area contributed by atoms with Crippen LogP contribution in [0.2, 0.25) is 0 Å². The van der Waals surface area contributed by atoms with Crippen LogP contribution in [0, 0.1) is 0 Å². The zero-order valence-corrected chi connectivity index (χ0v) is 9.00. The van der Waals surface area contributed by atoms with Crippen LogP contribution in [0.15, 0.2) is 0 Å². The van der Waals surface area contributed by atoms with Crippen LogP contribution >= 0.6 is 24.3 Å². The molecule has 0 spiro atoms.